The van der Waals surface area contributed by atoms with Gasteiger partial charge in [-0.25, -0.2) is 4.39 Å². The Labute approximate surface area is 104 Å². The summed E-state index contributed by atoms with van der Waals surface area (Å²) in [6, 6.07) is 12.0. The molecule has 2 aromatic rings. The first-order valence-electron chi connectivity index (χ1n) is 5.08. The monoisotopic (exact) mass is 251 g/mol. The van der Waals surface area contributed by atoms with Crippen LogP contribution in [0.4, 0.5) is 10.1 Å². The molecule has 4 heteroatoms. The molecule has 2 nitrogen and oxygen atoms in total. The van der Waals surface area contributed by atoms with Gasteiger partial charge in [0.15, 0.2) is 0 Å². The molecule has 2 rings (SSSR count). The Morgan fingerprint density at radius 1 is 1.18 bits per heavy atom. The number of rotatable bonds is 3. The standard InChI is InChI=1S/C13H11ClFNO/c14-11-7-12(15)13(16)6-9(11)8-17-10-4-2-1-3-5-10/h1-7H,8,16H2. The Kier molecular flexibility index (Phi) is 3.49. The Balaban J connectivity index is 2.12. The summed E-state index contributed by atoms with van der Waals surface area (Å²) in [7, 11) is 0. The minimum absolute atomic E-state index is 0.0704. The van der Waals surface area contributed by atoms with E-state index in [0.29, 0.717) is 10.6 Å². The van der Waals surface area contributed by atoms with Crippen molar-refractivity contribution in [2.75, 3.05) is 5.73 Å². The maximum Gasteiger partial charge on any atom is 0.147 e. The van der Waals surface area contributed by atoms with Gasteiger partial charge in [0.2, 0.25) is 0 Å². The molecule has 17 heavy (non-hydrogen) atoms. The molecule has 0 aliphatic heterocycles. The summed E-state index contributed by atoms with van der Waals surface area (Å²) in [6.45, 7) is 0.257. The van der Waals surface area contributed by atoms with Gasteiger partial charge in [-0.2, -0.15) is 0 Å². The predicted octanol–water partition coefficient (Wildman–Crippen LogP) is 3.64. The molecule has 0 spiro atoms. The lowest BCUT2D eigenvalue weighted by atomic mass is 10.2. The summed E-state index contributed by atoms with van der Waals surface area (Å²) in [5, 5.41) is 0.313. The minimum Gasteiger partial charge on any atom is -0.489 e. The SMILES string of the molecule is Nc1cc(COc2ccccc2)c(Cl)cc1F. The van der Waals surface area contributed by atoms with Gasteiger partial charge in [-0.05, 0) is 24.3 Å². The maximum atomic E-state index is 13.1. The van der Waals surface area contributed by atoms with E-state index < -0.39 is 5.82 Å². The van der Waals surface area contributed by atoms with Crippen LogP contribution in [-0.2, 0) is 6.61 Å². The van der Waals surface area contributed by atoms with Gasteiger partial charge >= 0.3 is 0 Å². The first-order chi connectivity index (χ1) is 8.16. The summed E-state index contributed by atoms with van der Waals surface area (Å²) in [5.41, 5.74) is 6.20. The van der Waals surface area contributed by atoms with Crippen molar-refractivity contribution < 1.29 is 9.13 Å². The molecule has 88 valence electrons. The first-order valence-corrected chi connectivity index (χ1v) is 5.46. The minimum atomic E-state index is -0.515. The second-order valence-corrected chi connectivity index (χ2v) is 3.97. The first kappa shape index (κ1) is 11.7. The third kappa shape index (κ3) is 2.88. The zero-order chi connectivity index (χ0) is 12.3. The molecule has 2 N–H and O–H groups in total. The molecule has 0 saturated heterocycles. The Hall–Kier alpha value is -1.74. The summed E-state index contributed by atoms with van der Waals surface area (Å²) in [6.07, 6.45) is 0. The number of para-hydroxylation sites is 1. The van der Waals surface area contributed by atoms with E-state index in [9.17, 15) is 4.39 Å². The predicted molar refractivity (Wildman–Crippen MR) is 66.6 cm³/mol. The van der Waals surface area contributed by atoms with E-state index in [-0.39, 0.29) is 12.3 Å². The van der Waals surface area contributed by atoms with Gasteiger partial charge in [-0.3, -0.25) is 0 Å². The Bertz CT molecular complexity index is 516. The Morgan fingerprint density at radius 2 is 1.88 bits per heavy atom. The smallest absolute Gasteiger partial charge is 0.147 e. The summed E-state index contributed by atoms with van der Waals surface area (Å²) in [4.78, 5) is 0. The highest BCUT2D eigenvalue weighted by Gasteiger charge is 2.06. The van der Waals surface area contributed by atoms with Gasteiger partial charge in [0.25, 0.3) is 0 Å². The fraction of sp³-hybridized carbons (Fsp3) is 0.0769. The average Bonchev–Trinajstić information content (AvgIpc) is 2.33. The van der Waals surface area contributed by atoms with Crippen LogP contribution in [0, 0.1) is 5.82 Å². The van der Waals surface area contributed by atoms with Crippen LogP contribution in [0.25, 0.3) is 0 Å². The van der Waals surface area contributed by atoms with Gasteiger partial charge in [0, 0.05) is 5.56 Å². The van der Waals surface area contributed by atoms with E-state index in [2.05, 4.69) is 0 Å². The Morgan fingerprint density at radius 3 is 2.59 bits per heavy atom. The van der Waals surface area contributed by atoms with Crippen molar-refractivity contribution in [2.24, 2.45) is 0 Å². The number of ether oxygens (including phenoxy) is 1. The number of halogens is 2. The van der Waals surface area contributed by atoms with Gasteiger partial charge in [-0.1, -0.05) is 29.8 Å². The molecule has 0 fully saturated rings. The molecular weight excluding hydrogens is 241 g/mol. The molecule has 0 aliphatic rings. The third-order valence-electron chi connectivity index (χ3n) is 2.30. The molecule has 0 aromatic heterocycles. The molecular formula is C13H11ClFNO. The number of hydrogen-bond acceptors (Lipinski definition) is 2. The van der Waals surface area contributed by atoms with Crippen molar-refractivity contribution in [3.05, 3.63) is 58.9 Å². The van der Waals surface area contributed by atoms with Crippen molar-refractivity contribution in [1.29, 1.82) is 0 Å². The highest BCUT2D eigenvalue weighted by molar-refractivity contribution is 6.31. The number of nitrogen functional groups attached to an aromatic ring is 1. The van der Waals surface area contributed by atoms with Crippen LogP contribution in [0.5, 0.6) is 5.75 Å². The molecule has 0 atom stereocenters. The third-order valence-corrected chi connectivity index (χ3v) is 2.66. The van der Waals surface area contributed by atoms with Crippen LogP contribution in [0.3, 0.4) is 0 Å². The van der Waals surface area contributed by atoms with E-state index >= 15 is 0 Å². The highest BCUT2D eigenvalue weighted by Crippen LogP contribution is 2.23. The molecule has 0 aliphatic carbocycles. The maximum absolute atomic E-state index is 13.1. The number of hydrogen-bond donors (Lipinski definition) is 1. The summed E-state index contributed by atoms with van der Waals surface area (Å²) in [5.74, 6) is 0.213. The lowest BCUT2D eigenvalue weighted by Gasteiger charge is -2.08. The normalized spacial score (nSPS) is 10.2. The van der Waals surface area contributed by atoms with E-state index in [1.54, 1.807) is 0 Å². The number of anilines is 1. The van der Waals surface area contributed by atoms with Crippen LogP contribution in [0.2, 0.25) is 5.02 Å². The van der Waals surface area contributed by atoms with E-state index in [4.69, 9.17) is 22.1 Å². The van der Waals surface area contributed by atoms with Crippen molar-refractivity contribution >= 4 is 17.3 Å². The van der Waals surface area contributed by atoms with E-state index in [1.807, 2.05) is 30.3 Å². The van der Waals surface area contributed by atoms with Gasteiger partial charge in [-0.15, -0.1) is 0 Å². The fourth-order valence-electron chi connectivity index (χ4n) is 1.40. The molecule has 0 bridgehead atoms. The molecule has 0 amide bonds. The quantitative estimate of drug-likeness (QED) is 0.846. The van der Waals surface area contributed by atoms with Gasteiger partial charge in [0.05, 0.1) is 10.7 Å². The number of benzene rings is 2. The van der Waals surface area contributed by atoms with Crippen molar-refractivity contribution in [2.45, 2.75) is 6.61 Å². The lowest BCUT2D eigenvalue weighted by Crippen LogP contribution is -1.99. The van der Waals surface area contributed by atoms with Crippen LogP contribution in [0.1, 0.15) is 5.56 Å². The molecule has 0 heterocycles. The molecule has 2 aromatic carbocycles. The van der Waals surface area contributed by atoms with Crippen LogP contribution in [0.15, 0.2) is 42.5 Å². The van der Waals surface area contributed by atoms with Crippen molar-refractivity contribution in [1.82, 2.24) is 0 Å². The van der Waals surface area contributed by atoms with Crippen molar-refractivity contribution in [3.8, 4) is 5.75 Å². The second kappa shape index (κ2) is 5.06. The summed E-state index contributed by atoms with van der Waals surface area (Å²) >= 11 is 5.89. The molecule has 0 saturated carbocycles. The van der Waals surface area contributed by atoms with Crippen LogP contribution < -0.4 is 10.5 Å². The average molecular weight is 252 g/mol. The highest BCUT2D eigenvalue weighted by atomic mass is 35.5. The lowest BCUT2D eigenvalue weighted by molar-refractivity contribution is 0.306. The molecule has 0 radical (unpaired) electrons. The second-order valence-electron chi connectivity index (χ2n) is 3.57. The molecule has 0 unspecified atom stereocenters. The summed E-state index contributed by atoms with van der Waals surface area (Å²) < 4.78 is 18.6. The van der Waals surface area contributed by atoms with Crippen LogP contribution in [-0.4, -0.2) is 0 Å². The number of nitrogens with two attached hydrogens (primary N) is 1. The van der Waals surface area contributed by atoms with Gasteiger partial charge < -0.3 is 10.5 Å². The van der Waals surface area contributed by atoms with Crippen LogP contribution >= 0.6 is 11.6 Å². The van der Waals surface area contributed by atoms with Crippen molar-refractivity contribution in [3.63, 3.8) is 0 Å². The van der Waals surface area contributed by atoms with E-state index in [1.165, 1.54) is 12.1 Å². The largest absolute Gasteiger partial charge is 0.489 e. The zero-order valence-electron chi connectivity index (χ0n) is 8.99. The zero-order valence-corrected chi connectivity index (χ0v) is 9.75. The topological polar surface area (TPSA) is 35.2 Å². The van der Waals surface area contributed by atoms with Gasteiger partial charge in [0.1, 0.15) is 18.2 Å². The fourth-order valence-corrected chi connectivity index (χ4v) is 1.61. The van der Waals surface area contributed by atoms with E-state index in [0.717, 1.165) is 5.75 Å².